The van der Waals surface area contributed by atoms with Crippen LogP contribution in [0.3, 0.4) is 0 Å². The molecule has 0 spiro atoms. The second kappa shape index (κ2) is 6.11. The first-order valence-electron chi connectivity index (χ1n) is 7.46. The van der Waals surface area contributed by atoms with Crippen LogP contribution in [0.1, 0.15) is 40.3 Å². The van der Waals surface area contributed by atoms with Crippen molar-refractivity contribution >= 4 is 15.9 Å². The average molecular weight is 334 g/mol. The van der Waals surface area contributed by atoms with Gasteiger partial charge in [-0.05, 0) is 37.8 Å². The molecule has 1 N–H and O–H groups in total. The van der Waals surface area contributed by atoms with Crippen molar-refractivity contribution in [3.8, 4) is 0 Å². The summed E-state index contributed by atoms with van der Waals surface area (Å²) >= 11 is 0. The third-order valence-corrected chi connectivity index (χ3v) is 5.02. The number of sulfonamides is 1. The summed E-state index contributed by atoms with van der Waals surface area (Å²) in [5, 5.41) is 4.33. The van der Waals surface area contributed by atoms with Gasteiger partial charge in [-0.1, -0.05) is 6.07 Å². The maximum absolute atomic E-state index is 12.4. The molecule has 0 aromatic carbocycles. The third-order valence-electron chi connectivity index (χ3n) is 3.85. The summed E-state index contributed by atoms with van der Waals surface area (Å²) in [6, 6.07) is 5.02. The topological polar surface area (TPSA) is 94.0 Å². The van der Waals surface area contributed by atoms with Crippen molar-refractivity contribution in [1.29, 1.82) is 0 Å². The number of amides is 1. The lowest BCUT2D eigenvalue weighted by molar-refractivity contribution is 0.0971. The van der Waals surface area contributed by atoms with Gasteiger partial charge in [0.25, 0.3) is 5.91 Å². The Morgan fingerprint density at radius 3 is 2.83 bits per heavy atom. The lowest BCUT2D eigenvalue weighted by Gasteiger charge is -2.11. The number of nitrogens with zero attached hydrogens (tertiary/aromatic N) is 3. The largest absolute Gasteiger partial charge is 0.283 e. The van der Waals surface area contributed by atoms with Crippen LogP contribution in [0.2, 0.25) is 0 Å². The Labute approximate surface area is 134 Å². The van der Waals surface area contributed by atoms with E-state index in [2.05, 4.69) is 14.8 Å². The van der Waals surface area contributed by atoms with Gasteiger partial charge in [-0.3, -0.25) is 14.5 Å². The van der Waals surface area contributed by atoms with Crippen LogP contribution in [-0.4, -0.2) is 29.1 Å². The minimum atomic E-state index is -3.81. The molecular formula is C15H18N4O3S. The van der Waals surface area contributed by atoms with Crippen molar-refractivity contribution in [2.24, 2.45) is 7.05 Å². The highest BCUT2D eigenvalue weighted by atomic mass is 32.2. The van der Waals surface area contributed by atoms with E-state index in [1.165, 1.54) is 10.9 Å². The Hall–Kier alpha value is -2.22. The standard InChI is InChI=1S/C15H18N4O3S/c1-19-14(12-7-2-3-8-13(12)17-19)15(20)18-23(21,22)10-11-6-4-5-9-16-11/h4-6,9H,2-3,7-8,10H2,1H3,(H,18,20). The highest BCUT2D eigenvalue weighted by Gasteiger charge is 2.26. The van der Waals surface area contributed by atoms with E-state index in [-0.39, 0.29) is 5.75 Å². The number of carbonyl (C=O) groups excluding carboxylic acids is 1. The van der Waals surface area contributed by atoms with Crippen LogP contribution >= 0.6 is 0 Å². The Bertz CT molecular complexity index is 828. The van der Waals surface area contributed by atoms with Crippen LogP contribution in [0.25, 0.3) is 0 Å². The number of carbonyl (C=O) groups is 1. The summed E-state index contributed by atoms with van der Waals surface area (Å²) in [4.78, 5) is 16.4. The smallest absolute Gasteiger partial charge is 0.266 e. The molecule has 2 heterocycles. The summed E-state index contributed by atoms with van der Waals surface area (Å²) in [6.45, 7) is 0. The number of aromatic nitrogens is 3. The Morgan fingerprint density at radius 1 is 1.30 bits per heavy atom. The predicted octanol–water partition coefficient (Wildman–Crippen LogP) is 0.954. The molecule has 122 valence electrons. The van der Waals surface area contributed by atoms with Crippen LogP contribution in [0.15, 0.2) is 24.4 Å². The van der Waals surface area contributed by atoms with E-state index >= 15 is 0 Å². The molecule has 0 saturated heterocycles. The van der Waals surface area contributed by atoms with Crippen LogP contribution in [0.5, 0.6) is 0 Å². The molecule has 0 atom stereocenters. The first kappa shape index (κ1) is 15.7. The highest BCUT2D eigenvalue weighted by Crippen LogP contribution is 2.23. The zero-order valence-electron chi connectivity index (χ0n) is 12.8. The fraction of sp³-hybridized carbons (Fsp3) is 0.400. The van der Waals surface area contributed by atoms with Gasteiger partial charge in [-0.25, -0.2) is 13.1 Å². The van der Waals surface area contributed by atoms with Gasteiger partial charge in [0.05, 0.1) is 11.4 Å². The molecular weight excluding hydrogens is 316 g/mol. The van der Waals surface area contributed by atoms with Gasteiger partial charge in [-0.15, -0.1) is 0 Å². The van der Waals surface area contributed by atoms with Crippen LogP contribution in [0, 0.1) is 0 Å². The molecule has 2 aromatic rings. The van der Waals surface area contributed by atoms with Gasteiger partial charge in [0.2, 0.25) is 10.0 Å². The summed E-state index contributed by atoms with van der Waals surface area (Å²) in [6.07, 6.45) is 5.14. The number of nitrogens with one attached hydrogen (secondary N) is 1. The molecule has 2 aromatic heterocycles. The molecule has 0 fully saturated rings. The summed E-state index contributed by atoms with van der Waals surface area (Å²) < 4.78 is 28.0. The number of fused-ring (bicyclic) bond motifs is 1. The fourth-order valence-electron chi connectivity index (χ4n) is 2.87. The minimum absolute atomic E-state index is 0.334. The van der Waals surface area contributed by atoms with Crippen molar-refractivity contribution in [3.63, 3.8) is 0 Å². The SMILES string of the molecule is Cn1nc2c(c1C(=O)NS(=O)(=O)Cc1ccccn1)CCCC2. The number of hydrogen-bond donors (Lipinski definition) is 1. The average Bonchev–Trinajstić information content (AvgIpc) is 2.83. The fourth-order valence-corrected chi connectivity index (χ4v) is 3.88. The molecule has 1 amide bonds. The maximum atomic E-state index is 12.4. The van der Waals surface area contributed by atoms with Crippen LogP contribution < -0.4 is 4.72 Å². The van der Waals surface area contributed by atoms with Crippen LogP contribution in [0.4, 0.5) is 0 Å². The number of pyridine rings is 1. The molecule has 8 heteroatoms. The Morgan fingerprint density at radius 2 is 2.09 bits per heavy atom. The normalized spacial score (nSPS) is 14.3. The van der Waals surface area contributed by atoms with Gasteiger partial charge in [0.1, 0.15) is 11.4 Å². The van der Waals surface area contributed by atoms with E-state index in [9.17, 15) is 13.2 Å². The van der Waals surface area contributed by atoms with Gasteiger partial charge in [0, 0.05) is 18.8 Å². The second-order valence-corrected chi connectivity index (χ2v) is 7.34. The zero-order chi connectivity index (χ0) is 16.4. The maximum Gasteiger partial charge on any atom is 0.283 e. The molecule has 7 nitrogen and oxygen atoms in total. The van der Waals surface area contributed by atoms with Crippen molar-refractivity contribution in [1.82, 2.24) is 19.5 Å². The molecule has 1 aliphatic rings. The van der Waals surface area contributed by atoms with Crippen molar-refractivity contribution in [2.45, 2.75) is 31.4 Å². The monoisotopic (exact) mass is 334 g/mol. The molecule has 23 heavy (non-hydrogen) atoms. The lowest BCUT2D eigenvalue weighted by Crippen LogP contribution is -2.33. The van der Waals surface area contributed by atoms with Gasteiger partial charge < -0.3 is 0 Å². The third kappa shape index (κ3) is 3.42. The highest BCUT2D eigenvalue weighted by molar-refractivity contribution is 7.89. The molecule has 3 rings (SSSR count). The lowest BCUT2D eigenvalue weighted by atomic mass is 9.96. The first-order chi connectivity index (χ1) is 11.0. The van der Waals surface area contributed by atoms with E-state index in [0.717, 1.165) is 36.9 Å². The van der Waals surface area contributed by atoms with E-state index < -0.39 is 15.9 Å². The Kier molecular flexibility index (Phi) is 4.16. The van der Waals surface area contributed by atoms with E-state index in [1.54, 1.807) is 25.2 Å². The molecule has 0 radical (unpaired) electrons. The molecule has 0 unspecified atom stereocenters. The molecule has 1 aliphatic carbocycles. The number of aryl methyl sites for hydroxylation is 2. The molecule has 0 saturated carbocycles. The number of rotatable bonds is 4. The van der Waals surface area contributed by atoms with E-state index in [4.69, 9.17) is 0 Å². The zero-order valence-corrected chi connectivity index (χ0v) is 13.6. The quantitative estimate of drug-likeness (QED) is 0.898. The van der Waals surface area contributed by atoms with E-state index in [1.807, 2.05) is 0 Å². The molecule has 0 bridgehead atoms. The van der Waals surface area contributed by atoms with Crippen molar-refractivity contribution in [3.05, 3.63) is 47.0 Å². The van der Waals surface area contributed by atoms with Crippen molar-refractivity contribution < 1.29 is 13.2 Å². The number of hydrogen-bond acceptors (Lipinski definition) is 5. The van der Waals surface area contributed by atoms with Crippen molar-refractivity contribution in [2.75, 3.05) is 0 Å². The Balaban J connectivity index is 1.80. The summed E-state index contributed by atoms with van der Waals surface area (Å²) in [5.74, 6) is -0.960. The van der Waals surface area contributed by atoms with Crippen LogP contribution in [-0.2, 0) is 35.7 Å². The summed E-state index contributed by atoms with van der Waals surface area (Å²) in [7, 11) is -2.14. The molecule has 0 aliphatic heterocycles. The van der Waals surface area contributed by atoms with Gasteiger partial charge in [-0.2, -0.15) is 5.10 Å². The van der Waals surface area contributed by atoms with Gasteiger partial charge >= 0.3 is 0 Å². The summed E-state index contributed by atoms with van der Waals surface area (Å²) in [5.41, 5.74) is 2.49. The van der Waals surface area contributed by atoms with E-state index in [0.29, 0.717) is 11.4 Å². The second-order valence-electron chi connectivity index (χ2n) is 5.62. The predicted molar refractivity (Wildman–Crippen MR) is 84.2 cm³/mol. The van der Waals surface area contributed by atoms with Gasteiger partial charge in [0.15, 0.2) is 0 Å². The first-order valence-corrected chi connectivity index (χ1v) is 9.11. The minimum Gasteiger partial charge on any atom is -0.266 e.